The fourth-order valence-corrected chi connectivity index (χ4v) is 4.71. The number of carbonyl (C=O) groups excluding carboxylic acids is 2. The van der Waals surface area contributed by atoms with Crippen molar-refractivity contribution in [2.45, 2.75) is 46.6 Å². The van der Waals surface area contributed by atoms with Crippen molar-refractivity contribution < 1.29 is 9.59 Å². The highest BCUT2D eigenvalue weighted by Gasteiger charge is 2.23. The smallest absolute Gasteiger partial charge is 0.323 e. The summed E-state index contributed by atoms with van der Waals surface area (Å²) in [7, 11) is 0. The summed E-state index contributed by atoms with van der Waals surface area (Å²) in [6.45, 7) is 10.0. The topological polar surface area (TPSA) is 73.5 Å². The van der Waals surface area contributed by atoms with Crippen molar-refractivity contribution >= 4 is 29.0 Å². The average molecular weight is 485 g/mol. The number of rotatable bonds is 6. The highest BCUT2D eigenvalue weighted by Crippen LogP contribution is 2.29. The van der Waals surface area contributed by atoms with E-state index in [1.165, 1.54) is 0 Å². The van der Waals surface area contributed by atoms with Crippen LogP contribution in [0.3, 0.4) is 0 Å². The summed E-state index contributed by atoms with van der Waals surface area (Å²) >= 11 is 0. The quantitative estimate of drug-likeness (QED) is 0.366. The number of hydrogen-bond donors (Lipinski definition) is 3. The van der Waals surface area contributed by atoms with Crippen LogP contribution in [0.2, 0.25) is 0 Å². The van der Waals surface area contributed by atoms with E-state index in [1.54, 1.807) is 6.07 Å². The zero-order chi connectivity index (χ0) is 25.7. The van der Waals surface area contributed by atoms with Gasteiger partial charge in [-0.05, 0) is 74.4 Å². The van der Waals surface area contributed by atoms with E-state index in [2.05, 4.69) is 27.8 Å². The van der Waals surface area contributed by atoms with E-state index >= 15 is 0 Å². The number of hydrogen-bond acceptors (Lipinski definition) is 3. The monoisotopic (exact) mass is 484 g/mol. The van der Waals surface area contributed by atoms with Gasteiger partial charge in [-0.1, -0.05) is 55.5 Å². The van der Waals surface area contributed by atoms with E-state index in [1.807, 2.05) is 81.4 Å². The molecular weight excluding hydrogens is 448 g/mol. The van der Waals surface area contributed by atoms with Crippen LogP contribution in [0.15, 0.2) is 66.7 Å². The second kappa shape index (κ2) is 11.3. The highest BCUT2D eigenvalue weighted by atomic mass is 16.2. The first kappa shape index (κ1) is 25.3. The number of benzene rings is 3. The van der Waals surface area contributed by atoms with E-state index in [0.29, 0.717) is 17.2 Å². The molecule has 3 amide bonds. The minimum Gasteiger partial charge on any atom is -0.371 e. The molecular formula is C30H36N4O2. The third kappa shape index (κ3) is 6.06. The zero-order valence-electron chi connectivity index (χ0n) is 21.6. The van der Waals surface area contributed by atoms with E-state index in [0.717, 1.165) is 54.0 Å². The molecule has 1 aliphatic heterocycles. The van der Waals surface area contributed by atoms with E-state index in [4.69, 9.17) is 0 Å². The largest absolute Gasteiger partial charge is 0.371 e. The molecule has 1 saturated heterocycles. The van der Waals surface area contributed by atoms with Crippen LogP contribution in [0.4, 0.5) is 21.9 Å². The highest BCUT2D eigenvalue weighted by molar-refractivity contribution is 6.04. The standard InChI is InChI=1S/C30H36N4O2/c1-20-15-17-34(18-16-20)27-14-13-25(32-30(36)33-28-21(2)9-8-10-22(28)3)19-26(27)29(35)31-23(4)24-11-6-5-7-12-24/h5-14,19-20,23H,15-18H2,1-4H3,(H,31,35)(H2,32,33,36). The maximum absolute atomic E-state index is 13.5. The molecule has 36 heavy (non-hydrogen) atoms. The predicted octanol–water partition coefficient (Wildman–Crippen LogP) is 6.67. The Kier molecular flexibility index (Phi) is 7.93. The molecule has 1 fully saturated rings. The summed E-state index contributed by atoms with van der Waals surface area (Å²) in [6.07, 6.45) is 2.19. The summed E-state index contributed by atoms with van der Waals surface area (Å²) in [5.74, 6) is 0.532. The van der Waals surface area contributed by atoms with Gasteiger partial charge in [0.1, 0.15) is 0 Å². The van der Waals surface area contributed by atoms with Crippen molar-refractivity contribution in [3.63, 3.8) is 0 Å². The Balaban J connectivity index is 1.57. The van der Waals surface area contributed by atoms with Crippen molar-refractivity contribution in [1.82, 2.24) is 5.32 Å². The zero-order valence-corrected chi connectivity index (χ0v) is 21.6. The molecule has 3 aromatic carbocycles. The Bertz CT molecular complexity index is 1200. The summed E-state index contributed by atoms with van der Waals surface area (Å²) in [4.78, 5) is 28.6. The molecule has 1 unspecified atom stereocenters. The first-order valence-electron chi connectivity index (χ1n) is 12.7. The first-order chi connectivity index (χ1) is 17.3. The van der Waals surface area contributed by atoms with Crippen molar-refractivity contribution in [3.8, 4) is 0 Å². The molecule has 6 nitrogen and oxygen atoms in total. The summed E-state index contributed by atoms with van der Waals surface area (Å²) in [5.41, 5.74) is 5.87. The number of piperidine rings is 1. The van der Waals surface area contributed by atoms with Gasteiger partial charge in [0.25, 0.3) is 5.91 Å². The van der Waals surface area contributed by atoms with Crippen LogP contribution in [0.25, 0.3) is 0 Å². The second-order valence-corrected chi connectivity index (χ2v) is 9.85. The van der Waals surface area contributed by atoms with Gasteiger partial charge >= 0.3 is 6.03 Å². The Hall–Kier alpha value is -3.80. The van der Waals surface area contributed by atoms with Crippen LogP contribution >= 0.6 is 0 Å². The number of nitrogens with zero attached hydrogens (tertiary/aromatic N) is 1. The van der Waals surface area contributed by atoms with E-state index in [-0.39, 0.29) is 18.0 Å². The molecule has 0 radical (unpaired) electrons. The fourth-order valence-electron chi connectivity index (χ4n) is 4.71. The number of carbonyl (C=O) groups is 2. The molecule has 3 N–H and O–H groups in total. The van der Waals surface area contributed by atoms with Crippen LogP contribution in [0, 0.1) is 19.8 Å². The molecule has 0 aromatic heterocycles. The lowest BCUT2D eigenvalue weighted by molar-refractivity contribution is 0.0940. The molecule has 1 aliphatic rings. The maximum atomic E-state index is 13.5. The minimum absolute atomic E-state index is 0.142. The predicted molar refractivity (Wildman–Crippen MR) is 148 cm³/mol. The molecule has 1 atom stereocenters. The molecule has 0 bridgehead atoms. The van der Waals surface area contributed by atoms with Crippen molar-refractivity contribution in [3.05, 3.63) is 89.0 Å². The number of urea groups is 1. The van der Waals surface area contributed by atoms with Crippen LogP contribution in [-0.2, 0) is 0 Å². The second-order valence-electron chi connectivity index (χ2n) is 9.85. The van der Waals surface area contributed by atoms with Gasteiger partial charge in [-0.2, -0.15) is 0 Å². The third-order valence-corrected chi connectivity index (χ3v) is 6.99. The molecule has 0 saturated carbocycles. The van der Waals surface area contributed by atoms with Gasteiger partial charge in [-0.25, -0.2) is 4.79 Å². The van der Waals surface area contributed by atoms with Crippen molar-refractivity contribution in [2.75, 3.05) is 28.6 Å². The van der Waals surface area contributed by atoms with Crippen LogP contribution in [0.1, 0.15) is 59.8 Å². The van der Waals surface area contributed by atoms with E-state index in [9.17, 15) is 9.59 Å². The molecule has 0 spiro atoms. The average Bonchev–Trinajstić information content (AvgIpc) is 2.87. The summed E-state index contributed by atoms with van der Waals surface area (Å²) in [5, 5.41) is 9.01. The van der Waals surface area contributed by atoms with Gasteiger partial charge in [0.05, 0.1) is 11.6 Å². The molecule has 1 heterocycles. The Morgan fingerprint density at radius 3 is 2.22 bits per heavy atom. The molecule has 4 rings (SSSR count). The SMILES string of the molecule is Cc1cccc(C)c1NC(=O)Nc1ccc(N2CCC(C)CC2)c(C(=O)NC(C)c2ccccc2)c1. The van der Waals surface area contributed by atoms with Crippen LogP contribution in [0.5, 0.6) is 0 Å². The number of aryl methyl sites for hydroxylation is 2. The summed E-state index contributed by atoms with van der Waals surface area (Å²) < 4.78 is 0. The lowest BCUT2D eigenvalue weighted by Gasteiger charge is -2.33. The fraction of sp³-hybridized carbons (Fsp3) is 0.333. The van der Waals surface area contributed by atoms with Crippen molar-refractivity contribution in [2.24, 2.45) is 5.92 Å². The number of amides is 3. The van der Waals surface area contributed by atoms with Gasteiger partial charge in [0.2, 0.25) is 0 Å². The number of para-hydroxylation sites is 1. The minimum atomic E-state index is -0.337. The molecule has 3 aromatic rings. The van der Waals surface area contributed by atoms with E-state index < -0.39 is 0 Å². The Labute approximate surface area is 214 Å². The normalized spacial score (nSPS) is 14.7. The number of anilines is 3. The Morgan fingerprint density at radius 2 is 1.56 bits per heavy atom. The van der Waals surface area contributed by atoms with Crippen molar-refractivity contribution in [1.29, 1.82) is 0 Å². The maximum Gasteiger partial charge on any atom is 0.323 e. The lowest BCUT2D eigenvalue weighted by atomic mass is 9.97. The van der Waals surface area contributed by atoms with Crippen LogP contribution < -0.4 is 20.9 Å². The summed E-state index contributed by atoms with van der Waals surface area (Å²) in [6, 6.07) is 20.9. The first-order valence-corrected chi connectivity index (χ1v) is 12.7. The molecule has 6 heteroatoms. The van der Waals surface area contributed by atoms with Gasteiger partial charge in [0.15, 0.2) is 0 Å². The van der Waals surface area contributed by atoms with Crippen LogP contribution in [-0.4, -0.2) is 25.0 Å². The third-order valence-electron chi connectivity index (χ3n) is 6.99. The lowest BCUT2D eigenvalue weighted by Crippen LogP contribution is -2.35. The molecule has 0 aliphatic carbocycles. The number of nitrogens with one attached hydrogen (secondary N) is 3. The Morgan fingerprint density at radius 1 is 0.889 bits per heavy atom. The van der Waals surface area contributed by atoms with Gasteiger partial charge in [-0.15, -0.1) is 0 Å². The van der Waals surface area contributed by atoms with Gasteiger partial charge < -0.3 is 20.9 Å². The van der Waals surface area contributed by atoms with Gasteiger partial charge in [-0.3, -0.25) is 4.79 Å². The van der Waals surface area contributed by atoms with Gasteiger partial charge in [0, 0.05) is 30.2 Å². The molecule has 188 valence electrons.